The second-order valence-corrected chi connectivity index (χ2v) is 6.25. The normalized spacial score (nSPS) is 17.4. The molecule has 1 aromatic carbocycles. The molecule has 0 unspecified atom stereocenters. The fourth-order valence-corrected chi connectivity index (χ4v) is 2.76. The van der Waals surface area contributed by atoms with Gasteiger partial charge < -0.3 is 10.6 Å². The van der Waals surface area contributed by atoms with Crippen molar-refractivity contribution in [3.05, 3.63) is 34.3 Å². The lowest BCUT2D eigenvalue weighted by Gasteiger charge is -2.23. The standard InChI is InChI=1S/C14H21BrN2/c1-17(11-14(6-7-14)8-9-16)10-12-2-4-13(15)5-3-12/h2-5H,6-11,16H2,1H3. The molecule has 0 atom stereocenters. The minimum Gasteiger partial charge on any atom is -0.330 e. The third-order valence-electron chi connectivity index (χ3n) is 3.60. The van der Waals surface area contributed by atoms with E-state index in [1.807, 2.05) is 0 Å². The largest absolute Gasteiger partial charge is 0.330 e. The number of hydrogen-bond acceptors (Lipinski definition) is 2. The van der Waals surface area contributed by atoms with Crippen LogP contribution in [-0.4, -0.2) is 25.0 Å². The fourth-order valence-electron chi connectivity index (χ4n) is 2.50. The minimum absolute atomic E-state index is 0.541. The highest BCUT2D eigenvalue weighted by Gasteiger charge is 2.42. The Bertz CT molecular complexity index is 357. The molecule has 2 N–H and O–H groups in total. The van der Waals surface area contributed by atoms with Gasteiger partial charge in [-0.05, 0) is 56.0 Å². The van der Waals surface area contributed by atoms with E-state index in [1.165, 1.54) is 31.4 Å². The first-order valence-electron chi connectivity index (χ1n) is 6.27. The van der Waals surface area contributed by atoms with Gasteiger partial charge in [-0.15, -0.1) is 0 Å². The van der Waals surface area contributed by atoms with Crippen molar-refractivity contribution in [2.45, 2.75) is 25.8 Å². The molecule has 3 heteroatoms. The summed E-state index contributed by atoms with van der Waals surface area (Å²) in [7, 11) is 2.21. The van der Waals surface area contributed by atoms with Crippen LogP contribution in [0, 0.1) is 5.41 Å². The SMILES string of the molecule is CN(Cc1ccc(Br)cc1)CC1(CCN)CC1. The third-order valence-corrected chi connectivity index (χ3v) is 4.13. The third kappa shape index (κ3) is 3.80. The van der Waals surface area contributed by atoms with Crippen LogP contribution < -0.4 is 5.73 Å². The van der Waals surface area contributed by atoms with Gasteiger partial charge in [-0.3, -0.25) is 0 Å². The number of hydrogen-bond donors (Lipinski definition) is 1. The summed E-state index contributed by atoms with van der Waals surface area (Å²) in [6, 6.07) is 8.58. The van der Waals surface area contributed by atoms with E-state index in [2.05, 4.69) is 52.1 Å². The van der Waals surface area contributed by atoms with E-state index in [0.717, 1.165) is 17.6 Å². The highest BCUT2D eigenvalue weighted by atomic mass is 79.9. The molecule has 94 valence electrons. The predicted molar refractivity (Wildman–Crippen MR) is 75.8 cm³/mol. The van der Waals surface area contributed by atoms with Gasteiger partial charge in [0, 0.05) is 17.6 Å². The molecule has 2 rings (SSSR count). The molecule has 0 saturated heterocycles. The number of benzene rings is 1. The molecular formula is C14H21BrN2. The van der Waals surface area contributed by atoms with Crippen molar-refractivity contribution in [3.8, 4) is 0 Å². The van der Waals surface area contributed by atoms with Gasteiger partial charge in [-0.1, -0.05) is 28.1 Å². The second kappa shape index (κ2) is 5.51. The molecule has 2 nitrogen and oxygen atoms in total. The lowest BCUT2D eigenvalue weighted by Crippen LogP contribution is -2.27. The van der Waals surface area contributed by atoms with Gasteiger partial charge in [-0.25, -0.2) is 0 Å². The molecular weight excluding hydrogens is 276 g/mol. The second-order valence-electron chi connectivity index (χ2n) is 5.34. The number of rotatable bonds is 6. The predicted octanol–water partition coefficient (Wildman–Crippen LogP) is 3.01. The summed E-state index contributed by atoms with van der Waals surface area (Å²) >= 11 is 3.46. The van der Waals surface area contributed by atoms with Crippen LogP contribution in [-0.2, 0) is 6.54 Å². The topological polar surface area (TPSA) is 29.3 Å². The Morgan fingerprint density at radius 2 is 1.94 bits per heavy atom. The van der Waals surface area contributed by atoms with Crippen LogP contribution in [0.5, 0.6) is 0 Å². The maximum Gasteiger partial charge on any atom is 0.0230 e. The molecule has 0 spiro atoms. The zero-order valence-corrected chi connectivity index (χ0v) is 12.0. The van der Waals surface area contributed by atoms with Crippen molar-refractivity contribution in [1.82, 2.24) is 4.90 Å². The van der Waals surface area contributed by atoms with Crippen molar-refractivity contribution in [1.29, 1.82) is 0 Å². The van der Waals surface area contributed by atoms with Crippen molar-refractivity contribution < 1.29 is 0 Å². The van der Waals surface area contributed by atoms with Gasteiger partial charge in [0.05, 0.1) is 0 Å². The maximum atomic E-state index is 5.68. The highest BCUT2D eigenvalue weighted by molar-refractivity contribution is 9.10. The van der Waals surface area contributed by atoms with Crippen molar-refractivity contribution in [2.75, 3.05) is 20.1 Å². The van der Waals surface area contributed by atoms with Crippen LogP contribution in [0.1, 0.15) is 24.8 Å². The zero-order chi connectivity index (χ0) is 12.3. The summed E-state index contributed by atoms with van der Waals surface area (Å²) in [5.74, 6) is 0. The molecule has 1 fully saturated rings. The Morgan fingerprint density at radius 1 is 1.29 bits per heavy atom. The van der Waals surface area contributed by atoms with Gasteiger partial charge >= 0.3 is 0 Å². The van der Waals surface area contributed by atoms with E-state index in [1.54, 1.807) is 0 Å². The Kier molecular flexibility index (Phi) is 4.23. The lowest BCUT2D eigenvalue weighted by atomic mass is 10.0. The Hall–Kier alpha value is -0.380. The molecule has 0 bridgehead atoms. The number of nitrogens with two attached hydrogens (primary N) is 1. The molecule has 1 aliphatic carbocycles. The molecule has 1 saturated carbocycles. The summed E-state index contributed by atoms with van der Waals surface area (Å²) in [5, 5.41) is 0. The van der Waals surface area contributed by atoms with Crippen LogP contribution in [0.25, 0.3) is 0 Å². The minimum atomic E-state index is 0.541. The van der Waals surface area contributed by atoms with Crippen LogP contribution in [0.3, 0.4) is 0 Å². The summed E-state index contributed by atoms with van der Waals surface area (Å²) < 4.78 is 1.14. The Labute approximate surface area is 112 Å². The first kappa shape index (κ1) is 13.1. The van der Waals surface area contributed by atoms with E-state index >= 15 is 0 Å². The van der Waals surface area contributed by atoms with Crippen LogP contribution in [0.15, 0.2) is 28.7 Å². The summed E-state index contributed by atoms with van der Waals surface area (Å²) in [4.78, 5) is 2.42. The monoisotopic (exact) mass is 296 g/mol. The quantitative estimate of drug-likeness (QED) is 0.874. The van der Waals surface area contributed by atoms with E-state index in [9.17, 15) is 0 Å². The summed E-state index contributed by atoms with van der Waals surface area (Å²) in [5.41, 5.74) is 7.59. The molecule has 0 radical (unpaired) electrons. The van der Waals surface area contributed by atoms with E-state index in [0.29, 0.717) is 5.41 Å². The van der Waals surface area contributed by atoms with Crippen molar-refractivity contribution >= 4 is 15.9 Å². The average Bonchev–Trinajstić information content (AvgIpc) is 3.02. The molecule has 0 heterocycles. The first-order valence-corrected chi connectivity index (χ1v) is 7.06. The summed E-state index contributed by atoms with van der Waals surface area (Å²) in [6.07, 6.45) is 3.89. The molecule has 1 aromatic rings. The number of nitrogens with zero attached hydrogens (tertiary/aromatic N) is 1. The Morgan fingerprint density at radius 3 is 2.47 bits per heavy atom. The molecule has 0 amide bonds. The van der Waals surface area contributed by atoms with Gasteiger partial charge in [0.15, 0.2) is 0 Å². The molecule has 1 aliphatic rings. The van der Waals surface area contributed by atoms with Gasteiger partial charge in [-0.2, -0.15) is 0 Å². The molecule has 0 aromatic heterocycles. The zero-order valence-electron chi connectivity index (χ0n) is 10.5. The molecule has 17 heavy (non-hydrogen) atoms. The number of halogens is 1. The van der Waals surface area contributed by atoms with Gasteiger partial charge in [0.25, 0.3) is 0 Å². The van der Waals surface area contributed by atoms with E-state index in [4.69, 9.17) is 5.73 Å². The summed E-state index contributed by atoms with van der Waals surface area (Å²) in [6.45, 7) is 3.03. The van der Waals surface area contributed by atoms with Crippen molar-refractivity contribution in [3.63, 3.8) is 0 Å². The first-order chi connectivity index (χ1) is 8.13. The van der Waals surface area contributed by atoms with Gasteiger partial charge in [0.1, 0.15) is 0 Å². The molecule has 0 aliphatic heterocycles. The maximum absolute atomic E-state index is 5.68. The fraction of sp³-hybridized carbons (Fsp3) is 0.571. The Balaban J connectivity index is 1.85. The van der Waals surface area contributed by atoms with Crippen LogP contribution in [0.4, 0.5) is 0 Å². The van der Waals surface area contributed by atoms with Gasteiger partial charge in [0.2, 0.25) is 0 Å². The van der Waals surface area contributed by atoms with Crippen LogP contribution >= 0.6 is 15.9 Å². The highest BCUT2D eigenvalue weighted by Crippen LogP contribution is 2.48. The lowest BCUT2D eigenvalue weighted by molar-refractivity contribution is 0.248. The van der Waals surface area contributed by atoms with E-state index < -0.39 is 0 Å². The van der Waals surface area contributed by atoms with Crippen molar-refractivity contribution in [2.24, 2.45) is 11.1 Å². The average molecular weight is 297 g/mol. The van der Waals surface area contributed by atoms with E-state index in [-0.39, 0.29) is 0 Å². The smallest absolute Gasteiger partial charge is 0.0230 e. The van der Waals surface area contributed by atoms with Crippen LogP contribution in [0.2, 0.25) is 0 Å².